The van der Waals surface area contributed by atoms with Crippen LogP contribution in [0.25, 0.3) is 0 Å². The minimum atomic E-state index is -0.381. The van der Waals surface area contributed by atoms with E-state index in [0.29, 0.717) is 65.9 Å². The fraction of sp³-hybridized carbons (Fsp3) is 0.833. The molecule has 1 aliphatic carbocycles. The summed E-state index contributed by atoms with van der Waals surface area (Å²) in [6.07, 6.45) is 5.85. The van der Waals surface area contributed by atoms with Crippen molar-refractivity contribution in [2.24, 2.45) is 11.5 Å². The van der Waals surface area contributed by atoms with Gasteiger partial charge in [-0.25, -0.2) is 4.68 Å². The standard InChI is InChI=1S/C24H44N6O7/c25-8-4-10-30-20-5-2-1-3-6-21(24(20)28-29-30)37-19-23(32)27-9-12-34-14-16-36-18-17-35-15-13-33-11-7-22(26)31/h21H,1-19,25H2,(H2,26,31)(H,27,32). The van der Waals surface area contributed by atoms with Gasteiger partial charge >= 0.3 is 0 Å². The first-order valence-electron chi connectivity index (χ1n) is 13.2. The SMILES string of the molecule is NCCCn1nnc2c1CCCCCC2OCC(=O)NCCOCCOCCOCCOCCC(N)=O. The van der Waals surface area contributed by atoms with Crippen LogP contribution >= 0.6 is 0 Å². The molecule has 13 nitrogen and oxygen atoms in total. The molecular weight excluding hydrogens is 484 g/mol. The molecule has 1 aliphatic rings. The van der Waals surface area contributed by atoms with Gasteiger partial charge in [-0.15, -0.1) is 5.10 Å². The van der Waals surface area contributed by atoms with Gasteiger partial charge in [-0.1, -0.05) is 18.1 Å². The van der Waals surface area contributed by atoms with Gasteiger partial charge in [0.15, 0.2) is 0 Å². The van der Waals surface area contributed by atoms with Crippen molar-refractivity contribution < 1.29 is 33.3 Å². The Hall–Kier alpha value is -2.16. The average molecular weight is 529 g/mol. The lowest BCUT2D eigenvalue weighted by Crippen LogP contribution is -2.31. The van der Waals surface area contributed by atoms with Crippen LogP contribution in [0.3, 0.4) is 0 Å². The van der Waals surface area contributed by atoms with Gasteiger partial charge in [0.2, 0.25) is 11.8 Å². The molecule has 0 aliphatic heterocycles. The van der Waals surface area contributed by atoms with Gasteiger partial charge in [-0.3, -0.25) is 9.59 Å². The van der Waals surface area contributed by atoms with Crippen LogP contribution in [-0.2, 0) is 46.2 Å². The van der Waals surface area contributed by atoms with Crippen molar-refractivity contribution in [3.63, 3.8) is 0 Å². The predicted octanol–water partition coefficient (Wildman–Crippen LogP) is -0.141. The lowest BCUT2D eigenvalue weighted by atomic mass is 9.99. The Kier molecular flexibility index (Phi) is 16.7. The molecule has 0 saturated carbocycles. The van der Waals surface area contributed by atoms with E-state index in [-0.39, 0.29) is 30.9 Å². The molecule has 0 saturated heterocycles. The predicted molar refractivity (Wildman–Crippen MR) is 135 cm³/mol. The number of nitrogens with two attached hydrogens (primary N) is 2. The second kappa shape index (κ2) is 19.9. The maximum atomic E-state index is 12.2. The number of aryl methyl sites for hydroxylation is 1. The molecule has 2 rings (SSSR count). The summed E-state index contributed by atoms with van der Waals surface area (Å²) in [5.74, 6) is -0.566. The number of nitrogens with one attached hydrogen (secondary N) is 1. The second-order valence-electron chi connectivity index (χ2n) is 8.70. The van der Waals surface area contributed by atoms with Crippen molar-refractivity contribution in [1.82, 2.24) is 20.3 Å². The molecule has 1 unspecified atom stereocenters. The minimum Gasteiger partial charge on any atom is -0.379 e. The first-order chi connectivity index (χ1) is 18.1. The van der Waals surface area contributed by atoms with Gasteiger partial charge in [0.25, 0.3) is 0 Å². The third-order valence-corrected chi connectivity index (χ3v) is 5.72. The van der Waals surface area contributed by atoms with Crippen LogP contribution in [0.15, 0.2) is 0 Å². The Labute approximate surface area is 218 Å². The molecule has 1 heterocycles. The normalized spacial score (nSPS) is 15.6. The zero-order valence-corrected chi connectivity index (χ0v) is 21.9. The van der Waals surface area contributed by atoms with E-state index in [0.717, 1.165) is 56.5 Å². The molecule has 1 aromatic heterocycles. The zero-order valence-electron chi connectivity index (χ0n) is 21.9. The molecule has 2 amide bonds. The lowest BCUT2D eigenvalue weighted by molar-refractivity contribution is -0.128. The summed E-state index contributed by atoms with van der Waals surface area (Å²) in [5, 5.41) is 11.5. The van der Waals surface area contributed by atoms with Gasteiger partial charge < -0.3 is 40.5 Å². The van der Waals surface area contributed by atoms with E-state index in [2.05, 4.69) is 15.6 Å². The second-order valence-corrected chi connectivity index (χ2v) is 8.70. The molecule has 0 spiro atoms. The highest BCUT2D eigenvalue weighted by Crippen LogP contribution is 2.29. The van der Waals surface area contributed by atoms with Crippen LogP contribution in [0.4, 0.5) is 0 Å². The summed E-state index contributed by atoms with van der Waals surface area (Å²) in [6, 6.07) is 0. The lowest BCUT2D eigenvalue weighted by Gasteiger charge is -2.20. The van der Waals surface area contributed by atoms with E-state index in [1.54, 1.807) is 0 Å². The molecule has 0 aromatic carbocycles. The highest BCUT2D eigenvalue weighted by molar-refractivity contribution is 5.77. The summed E-state index contributed by atoms with van der Waals surface area (Å²) < 4.78 is 29.3. The van der Waals surface area contributed by atoms with E-state index < -0.39 is 0 Å². The Morgan fingerprint density at radius 2 is 1.62 bits per heavy atom. The number of rotatable bonds is 21. The highest BCUT2D eigenvalue weighted by atomic mass is 16.6. The molecule has 212 valence electrons. The van der Waals surface area contributed by atoms with Gasteiger partial charge in [-0.05, 0) is 32.2 Å². The highest BCUT2D eigenvalue weighted by Gasteiger charge is 2.24. The number of hydrogen-bond acceptors (Lipinski definition) is 10. The molecule has 0 bridgehead atoms. The average Bonchev–Trinajstić information content (AvgIpc) is 3.26. The number of carbonyl (C=O) groups is 2. The maximum Gasteiger partial charge on any atom is 0.246 e. The van der Waals surface area contributed by atoms with Crippen molar-refractivity contribution in [1.29, 1.82) is 0 Å². The minimum absolute atomic E-state index is 0.0287. The molecule has 1 atom stereocenters. The Morgan fingerprint density at radius 3 is 2.30 bits per heavy atom. The van der Waals surface area contributed by atoms with Gasteiger partial charge in [0, 0.05) is 19.5 Å². The fourth-order valence-electron chi connectivity index (χ4n) is 3.80. The van der Waals surface area contributed by atoms with Crippen molar-refractivity contribution in [3.8, 4) is 0 Å². The van der Waals surface area contributed by atoms with E-state index in [1.165, 1.54) is 0 Å². The molecule has 0 radical (unpaired) electrons. The number of primary amides is 1. The number of hydrogen-bond donors (Lipinski definition) is 3. The number of fused-ring (bicyclic) bond motifs is 1. The summed E-state index contributed by atoms with van der Waals surface area (Å²) in [7, 11) is 0. The van der Waals surface area contributed by atoms with E-state index in [1.807, 2.05) is 4.68 Å². The molecule has 0 fully saturated rings. The van der Waals surface area contributed by atoms with Crippen LogP contribution in [-0.4, -0.2) is 99.4 Å². The van der Waals surface area contributed by atoms with Gasteiger partial charge in [0.05, 0.1) is 58.5 Å². The van der Waals surface area contributed by atoms with Gasteiger partial charge in [-0.2, -0.15) is 0 Å². The molecule has 5 N–H and O–H groups in total. The Bertz CT molecular complexity index is 764. The monoisotopic (exact) mass is 528 g/mol. The summed E-state index contributed by atoms with van der Waals surface area (Å²) >= 11 is 0. The van der Waals surface area contributed by atoms with E-state index >= 15 is 0 Å². The first-order valence-corrected chi connectivity index (χ1v) is 13.2. The zero-order chi connectivity index (χ0) is 26.6. The van der Waals surface area contributed by atoms with E-state index in [9.17, 15) is 9.59 Å². The smallest absolute Gasteiger partial charge is 0.246 e. The van der Waals surface area contributed by atoms with Crippen molar-refractivity contribution in [2.45, 2.75) is 57.6 Å². The molecule has 13 heteroatoms. The third kappa shape index (κ3) is 13.8. The third-order valence-electron chi connectivity index (χ3n) is 5.72. The Morgan fingerprint density at radius 1 is 0.946 bits per heavy atom. The van der Waals surface area contributed by atoms with E-state index in [4.69, 9.17) is 35.2 Å². The van der Waals surface area contributed by atoms with Crippen LogP contribution in [0, 0.1) is 0 Å². The van der Waals surface area contributed by atoms with Gasteiger partial charge in [0.1, 0.15) is 18.4 Å². The van der Waals surface area contributed by atoms with Crippen LogP contribution in [0.5, 0.6) is 0 Å². The molecule has 37 heavy (non-hydrogen) atoms. The number of amides is 2. The maximum absolute atomic E-state index is 12.2. The number of ether oxygens (including phenoxy) is 5. The topological polar surface area (TPSA) is 175 Å². The largest absolute Gasteiger partial charge is 0.379 e. The van der Waals surface area contributed by atoms with Crippen molar-refractivity contribution in [2.75, 3.05) is 72.6 Å². The van der Waals surface area contributed by atoms with Crippen molar-refractivity contribution >= 4 is 11.8 Å². The Balaban J connectivity index is 1.48. The van der Waals surface area contributed by atoms with Crippen LogP contribution in [0.1, 0.15) is 56.0 Å². The summed E-state index contributed by atoms with van der Waals surface area (Å²) in [5.41, 5.74) is 12.6. The number of nitrogens with zero attached hydrogens (tertiary/aromatic N) is 3. The summed E-state index contributed by atoms with van der Waals surface area (Å²) in [4.78, 5) is 22.8. The summed E-state index contributed by atoms with van der Waals surface area (Å²) in [6.45, 7) is 5.01. The molecule has 1 aromatic rings. The fourth-order valence-corrected chi connectivity index (χ4v) is 3.80. The molecular formula is C24H44N6O7. The quantitative estimate of drug-likeness (QED) is 0.182. The first kappa shape index (κ1) is 31.1. The number of aromatic nitrogens is 3. The number of carbonyl (C=O) groups excluding carboxylic acids is 2. The van der Waals surface area contributed by atoms with Crippen LogP contribution in [0.2, 0.25) is 0 Å². The van der Waals surface area contributed by atoms with Crippen molar-refractivity contribution in [3.05, 3.63) is 11.4 Å². The van der Waals surface area contributed by atoms with Crippen LogP contribution < -0.4 is 16.8 Å².